The number of ether oxygens (including phenoxy) is 1. The molecule has 4 nitrogen and oxygen atoms in total. The van der Waals surface area contributed by atoms with Gasteiger partial charge >= 0.3 is 5.97 Å². The second kappa shape index (κ2) is 5.08. The number of carbonyl (C=O) groups excluding carboxylic acids is 2. The molecular weight excluding hydrogens is 254 g/mol. The molecule has 0 unspecified atom stereocenters. The van der Waals surface area contributed by atoms with Gasteiger partial charge in [-0.05, 0) is 31.3 Å². The van der Waals surface area contributed by atoms with Gasteiger partial charge in [0.15, 0.2) is 0 Å². The smallest absolute Gasteiger partial charge is 0.355 e. The Labute approximate surface area is 119 Å². The van der Waals surface area contributed by atoms with E-state index in [-0.39, 0.29) is 30.4 Å². The predicted molar refractivity (Wildman–Crippen MR) is 74.6 cm³/mol. The molecule has 0 spiro atoms. The number of esters is 1. The molecule has 3 rings (SSSR count). The molecule has 2 fully saturated rings. The summed E-state index contributed by atoms with van der Waals surface area (Å²) >= 11 is 0. The van der Waals surface area contributed by atoms with Crippen LogP contribution in [0.1, 0.15) is 39.0 Å². The minimum absolute atomic E-state index is 0.0952. The highest BCUT2D eigenvalue weighted by Gasteiger charge is 2.58. The van der Waals surface area contributed by atoms with Crippen LogP contribution < -0.4 is 0 Å². The molecule has 1 aliphatic carbocycles. The van der Waals surface area contributed by atoms with E-state index >= 15 is 0 Å². The van der Waals surface area contributed by atoms with Crippen LogP contribution in [-0.4, -0.2) is 29.4 Å². The molecule has 3 aliphatic rings. The summed E-state index contributed by atoms with van der Waals surface area (Å²) in [6, 6.07) is 0.217. The van der Waals surface area contributed by atoms with Crippen LogP contribution >= 0.6 is 0 Å². The van der Waals surface area contributed by atoms with Crippen LogP contribution in [-0.2, 0) is 14.3 Å². The first kappa shape index (κ1) is 13.4. The van der Waals surface area contributed by atoms with Gasteiger partial charge in [-0.3, -0.25) is 4.79 Å². The van der Waals surface area contributed by atoms with E-state index in [1.165, 1.54) is 12.0 Å². The minimum Gasteiger partial charge on any atom is -0.457 e. The van der Waals surface area contributed by atoms with Gasteiger partial charge in [-0.1, -0.05) is 26.0 Å². The predicted octanol–water partition coefficient (Wildman–Crippen LogP) is 2.41. The second-order valence-corrected chi connectivity index (χ2v) is 5.83. The van der Waals surface area contributed by atoms with Crippen molar-refractivity contribution in [2.45, 2.75) is 45.1 Å². The topological polar surface area (TPSA) is 46.6 Å². The molecule has 0 radical (unpaired) electrons. The number of carbonyl (C=O) groups is 2. The van der Waals surface area contributed by atoms with E-state index in [1.807, 2.05) is 0 Å². The van der Waals surface area contributed by atoms with E-state index in [4.69, 9.17) is 4.74 Å². The Morgan fingerprint density at radius 2 is 2.30 bits per heavy atom. The van der Waals surface area contributed by atoms with E-state index < -0.39 is 0 Å². The third-order valence-corrected chi connectivity index (χ3v) is 4.85. The number of amides is 1. The first-order valence-corrected chi connectivity index (χ1v) is 7.54. The van der Waals surface area contributed by atoms with Crippen molar-refractivity contribution in [1.82, 2.24) is 4.90 Å². The van der Waals surface area contributed by atoms with Gasteiger partial charge in [0.2, 0.25) is 5.91 Å². The van der Waals surface area contributed by atoms with Gasteiger partial charge < -0.3 is 9.64 Å². The van der Waals surface area contributed by atoms with Crippen LogP contribution in [0.25, 0.3) is 0 Å². The number of nitrogens with zero attached hydrogens (tertiary/aromatic N) is 1. The fourth-order valence-corrected chi connectivity index (χ4v) is 4.00. The maximum atomic E-state index is 12.3. The summed E-state index contributed by atoms with van der Waals surface area (Å²) in [7, 11) is 0. The third-order valence-electron chi connectivity index (χ3n) is 4.85. The molecule has 108 valence electrons. The standard InChI is InChI=1S/C16H21NO3/c1-3-9-20-16(19)14-12-8-6-5-7-11(12)13-10(4-2)15(18)17(13)14/h3,10-11,13H,1,4-9H2,2H3/t10-,11+,13+/m1/s1. The Balaban J connectivity index is 1.91. The molecule has 1 saturated heterocycles. The van der Waals surface area contributed by atoms with Crippen LogP contribution in [0.2, 0.25) is 0 Å². The van der Waals surface area contributed by atoms with Crippen LogP contribution in [0.4, 0.5) is 0 Å². The zero-order chi connectivity index (χ0) is 14.3. The van der Waals surface area contributed by atoms with Gasteiger partial charge in [0.1, 0.15) is 12.3 Å². The number of fused-ring (bicyclic) bond motifs is 3. The van der Waals surface area contributed by atoms with E-state index in [2.05, 4.69) is 13.5 Å². The summed E-state index contributed by atoms with van der Waals surface area (Å²) in [6.07, 6.45) is 6.74. The van der Waals surface area contributed by atoms with Crippen LogP contribution in [0.15, 0.2) is 23.9 Å². The lowest BCUT2D eigenvalue weighted by Crippen LogP contribution is -2.60. The maximum absolute atomic E-state index is 12.3. The minimum atomic E-state index is -0.350. The fourth-order valence-electron chi connectivity index (χ4n) is 4.00. The van der Waals surface area contributed by atoms with Gasteiger partial charge in [0.05, 0.1) is 12.0 Å². The van der Waals surface area contributed by atoms with Gasteiger partial charge in [-0.25, -0.2) is 4.79 Å². The Hall–Kier alpha value is -1.58. The fraction of sp³-hybridized carbons (Fsp3) is 0.625. The average molecular weight is 275 g/mol. The lowest BCUT2D eigenvalue weighted by Gasteiger charge is -2.46. The van der Waals surface area contributed by atoms with Gasteiger partial charge in [0, 0.05) is 5.92 Å². The zero-order valence-electron chi connectivity index (χ0n) is 11.9. The molecule has 20 heavy (non-hydrogen) atoms. The van der Waals surface area contributed by atoms with E-state index in [0.29, 0.717) is 11.6 Å². The normalized spacial score (nSPS) is 31.6. The van der Waals surface area contributed by atoms with Crippen LogP contribution in [0.3, 0.4) is 0 Å². The Morgan fingerprint density at radius 1 is 1.50 bits per heavy atom. The highest BCUT2D eigenvalue weighted by Crippen LogP contribution is 2.52. The largest absolute Gasteiger partial charge is 0.457 e. The van der Waals surface area contributed by atoms with E-state index in [9.17, 15) is 9.59 Å². The van der Waals surface area contributed by atoms with Crippen molar-refractivity contribution < 1.29 is 14.3 Å². The van der Waals surface area contributed by atoms with Crippen LogP contribution in [0, 0.1) is 11.8 Å². The van der Waals surface area contributed by atoms with Gasteiger partial charge in [-0.15, -0.1) is 0 Å². The van der Waals surface area contributed by atoms with Crippen molar-refractivity contribution in [3.63, 3.8) is 0 Å². The quantitative estimate of drug-likeness (QED) is 0.450. The van der Waals surface area contributed by atoms with E-state index in [1.54, 1.807) is 11.0 Å². The van der Waals surface area contributed by atoms with Gasteiger partial charge in [-0.2, -0.15) is 0 Å². The van der Waals surface area contributed by atoms with Crippen molar-refractivity contribution >= 4 is 11.9 Å². The molecular formula is C16H21NO3. The summed E-state index contributed by atoms with van der Waals surface area (Å²) in [5.74, 6) is 0.234. The van der Waals surface area contributed by atoms with Crippen molar-refractivity contribution in [3.05, 3.63) is 23.9 Å². The molecule has 0 aromatic rings. The second-order valence-electron chi connectivity index (χ2n) is 5.83. The average Bonchev–Trinajstić information content (AvgIpc) is 2.77. The molecule has 2 aliphatic heterocycles. The highest BCUT2D eigenvalue weighted by atomic mass is 16.5. The summed E-state index contributed by atoms with van der Waals surface area (Å²) in [4.78, 5) is 26.3. The lowest BCUT2D eigenvalue weighted by atomic mass is 9.73. The zero-order valence-corrected chi connectivity index (χ0v) is 11.9. The molecule has 0 aromatic heterocycles. The molecule has 0 aromatic carbocycles. The lowest BCUT2D eigenvalue weighted by molar-refractivity contribution is -0.158. The first-order valence-electron chi connectivity index (χ1n) is 7.54. The Bertz CT molecular complexity index is 494. The third kappa shape index (κ3) is 1.74. The molecule has 0 N–H and O–H groups in total. The monoisotopic (exact) mass is 275 g/mol. The maximum Gasteiger partial charge on any atom is 0.355 e. The summed E-state index contributed by atoms with van der Waals surface area (Å²) in [6.45, 7) is 5.81. The molecule has 1 saturated carbocycles. The summed E-state index contributed by atoms with van der Waals surface area (Å²) in [5, 5.41) is 0. The van der Waals surface area contributed by atoms with Crippen molar-refractivity contribution in [2.75, 3.05) is 6.61 Å². The molecule has 0 bridgehead atoms. The summed E-state index contributed by atoms with van der Waals surface area (Å²) < 4.78 is 5.19. The van der Waals surface area contributed by atoms with Gasteiger partial charge in [0.25, 0.3) is 0 Å². The Morgan fingerprint density at radius 3 is 3.00 bits per heavy atom. The number of hydrogen-bond donors (Lipinski definition) is 0. The van der Waals surface area contributed by atoms with Crippen LogP contribution in [0.5, 0.6) is 0 Å². The Kier molecular flexibility index (Phi) is 3.40. The SMILES string of the molecule is C=CCOC(=O)C1=C2CCCC[C@@H]2[C@@H]2[C@@H](CC)C(=O)N12. The molecule has 4 heteroatoms. The number of β-lactam (4-membered cyclic amide) rings is 1. The van der Waals surface area contributed by atoms with Crippen molar-refractivity contribution in [2.24, 2.45) is 11.8 Å². The molecule has 3 atom stereocenters. The number of rotatable bonds is 4. The van der Waals surface area contributed by atoms with E-state index in [0.717, 1.165) is 25.7 Å². The van der Waals surface area contributed by atoms with Crippen molar-refractivity contribution in [1.29, 1.82) is 0 Å². The number of hydrogen-bond acceptors (Lipinski definition) is 3. The molecule has 1 amide bonds. The highest BCUT2D eigenvalue weighted by molar-refractivity contribution is 6.00. The first-order chi connectivity index (χ1) is 9.70. The summed E-state index contributed by atoms with van der Waals surface area (Å²) in [5.41, 5.74) is 1.72. The molecule has 2 heterocycles. The van der Waals surface area contributed by atoms with Crippen molar-refractivity contribution in [3.8, 4) is 0 Å².